The molecule has 7 nitrogen and oxygen atoms in total. The number of aryl methyl sites for hydroxylation is 1. The van der Waals surface area contributed by atoms with E-state index in [1.807, 2.05) is 0 Å². The Hall–Kier alpha value is -2.35. The third kappa shape index (κ3) is 1.54. The second kappa shape index (κ2) is 4.07. The second-order valence-electron chi connectivity index (χ2n) is 4.46. The fourth-order valence-corrected chi connectivity index (χ4v) is 3.62. The molecule has 0 fully saturated rings. The lowest BCUT2D eigenvalue weighted by molar-refractivity contribution is 0.319. The number of oxime groups is 1. The van der Waals surface area contributed by atoms with Gasteiger partial charge in [0.1, 0.15) is 5.71 Å². The van der Waals surface area contributed by atoms with E-state index in [0.29, 0.717) is 11.3 Å². The Morgan fingerprint density at radius 1 is 1.20 bits per heavy atom. The molecule has 0 unspecified atom stereocenters. The average molecular weight is 292 g/mol. The van der Waals surface area contributed by atoms with Gasteiger partial charge in [0.25, 0.3) is 10.0 Å². The van der Waals surface area contributed by atoms with Gasteiger partial charge < -0.3 is 5.21 Å². The van der Waals surface area contributed by atoms with Gasteiger partial charge in [-0.2, -0.15) is 13.5 Å². The zero-order valence-electron chi connectivity index (χ0n) is 10.8. The molecule has 0 spiro atoms. The highest BCUT2D eigenvalue weighted by molar-refractivity contribution is 7.92. The molecule has 0 bridgehead atoms. The van der Waals surface area contributed by atoms with Crippen molar-refractivity contribution in [1.29, 1.82) is 0 Å². The van der Waals surface area contributed by atoms with Crippen LogP contribution in [0.1, 0.15) is 11.1 Å². The minimum atomic E-state index is -3.78. The minimum Gasteiger partial charge on any atom is -0.410 e. The lowest BCUT2D eigenvalue weighted by Gasteiger charge is -2.18. The molecule has 3 rings (SSSR count). The first-order valence-electron chi connectivity index (χ1n) is 5.81. The summed E-state index contributed by atoms with van der Waals surface area (Å²) in [6, 6.07) is 6.84. The monoisotopic (exact) mass is 292 g/mol. The number of fused-ring (bicyclic) bond motifs is 2. The Balaban J connectivity index is 2.47. The van der Waals surface area contributed by atoms with Gasteiger partial charge in [-0.15, -0.1) is 0 Å². The van der Waals surface area contributed by atoms with Crippen LogP contribution in [0.2, 0.25) is 0 Å². The molecule has 0 atom stereocenters. The van der Waals surface area contributed by atoms with Crippen LogP contribution in [-0.4, -0.2) is 36.2 Å². The molecule has 104 valence electrons. The van der Waals surface area contributed by atoms with E-state index in [1.54, 1.807) is 31.3 Å². The van der Waals surface area contributed by atoms with Crippen molar-refractivity contribution in [2.45, 2.75) is 5.03 Å². The molecule has 0 amide bonds. The maximum Gasteiger partial charge on any atom is 0.284 e. The summed E-state index contributed by atoms with van der Waals surface area (Å²) in [5.74, 6) is 0. The standard InChI is InChI=1S/C12H12N4O3S/c1-15-7-9-11(14-17)8-5-3-4-6-10(8)16(2)20(18,19)12(9)13-15/h3-7,17H,1-2H3/b14-11+. The molecule has 1 aliphatic rings. The molecule has 1 N–H and O–H groups in total. The molecule has 2 heterocycles. The van der Waals surface area contributed by atoms with Crippen LogP contribution >= 0.6 is 0 Å². The van der Waals surface area contributed by atoms with Gasteiger partial charge in [0, 0.05) is 25.9 Å². The SMILES string of the molecule is CN1c2ccccc2/C(=N\O)c2cn(C)nc2S1(=O)=O. The molecular formula is C12H12N4O3S. The smallest absolute Gasteiger partial charge is 0.284 e. The fourth-order valence-electron chi connectivity index (χ4n) is 2.28. The summed E-state index contributed by atoms with van der Waals surface area (Å²) in [6.45, 7) is 0. The molecule has 1 aromatic carbocycles. The van der Waals surface area contributed by atoms with Gasteiger partial charge in [0.2, 0.25) is 5.03 Å². The molecule has 8 heteroatoms. The minimum absolute atomic E-state index is 0.119. The first kappa shape index (κ1) is 12.7. The Morgan fingerprint density at radius 3 is 2.60 bits per heavy atom. The summed E-state index contributed by atoms with van der Waals surface area (Å²) < 4.78 is 27.7. The first-order chi connectivity index (χ1) is 9.46. The van der Waals surface area contributed by atoms with Crippen molar-refractivity contribution < 1.29 is 13.6 Å². The molecule has 0 aliphatic carbocycles. The summed E-state index contributed by atoms with van der Waals surface area (Å²) in [5, 5.41) is 16.5. The summed E-state index contributed by atoms with van der Waals surface area (Å²) in [6.07, 6.45) is 1.53. The van der Waals surface area contributed by atoms with E-state index in [9.17, 15) is 13.6 Å². The Labute approximate surface area is 115 Å². The second-order valence-corrected chi connectivity index (χ2v) is 6.34. The van der Waals surface area contributed by atoms with Gasteiger partial charge in [-0.05, 0) is 6.07 Å². The third-order valence-corrected chi connectivity index (χ3v) is 4.96. The molecular weight excluding hydrogens is 280 g/mol. The number of hydrogen-bond acceptors (Lipinski definition) is 5. The highest BCUT2D eigenvalue weighted by Gasteiger charge is 2.35. The summed E-state index contributed by atoms with van der Waals surface area (Å²) in [5.41, 5.74) is 1.46. The number of anilines is 1. The van der Waals surface area contributed by atoms with E-state index in [0.717, 1.165) is 4.31 Å². The van der Waals surface area contributed by atoms with Gasteiger partial charge in [0.05, 0.1) is 11.3 Å². The quantitative estimate of drug-likeness (QED) is 0.574. The van der Waals surface area contributed by atoms with Crippen molar-refractivity contribution in [2.75, 3.05) is 11.4 Å². The topological polar surface area (TPSA) is 87.8 Å². The van der Waals surface area contributed by atoms with Crippen molar-refractivity contribution >= 4 is 21.4 Å². The van der Waals surface area contributed by atoms with E-state index in [2.05, 4.69) is 10.3 Å². The zero-order valence-corrected chi connectivity index (χ0v) is 11.7. The van der Waals surface area contributed by atoms with Gasteiger partial charge in [-0.25, -0.2) is 0 Å². The van der Waals surface area contributed by atoms with Crippen LogP contribution in [0, 0.1) is 0 Å². The highest BCUT2D eigenvalue weighted by atomic mass is 32.2. The highest BCUT2D eigenvalue weighted by Crippen LogP contribution is 2.33. The van der Waals surface area contributed by atoms with Crippen molar-refractivity contribution in [1.82, 2.24) is 9.78 Å². The Bertz CT molecular complexity index is 823. The van der Waals surface area contributed by atoms with Gasteiger partial charge >= 0.3 is 0 Å². The molecule has 20 heavy (non-hydrogen) atoms. The molecule has 1 aromatic heterocycles. The Morgan fingerprint density at radius 2 is 1.90 bits per heavy atom. The van der Waals surface area contributed by atoms with Crippen LogP contribution in [0.25, 0.3) is 0 Å². The molecule has 0 saturated heterocycles. The number of hydrogen-bond donors (Lipinski definition) is 1. The summed E-state index contributed by atoms with van der Waals surface area (Å²) in [4.78, 5) is 0. The van der Waals surface area contributed by atoms with Crippen LogP contribution in [0.4, 0.5) is 5.69 Å². The van der Waals surface area contributed by atoms with Crippen LogP contribution in [-0.2, 0) is 17.1 Å². The number of nitrogens with zero attached hydrogens (tertiary/aromatic N) is 4. The summed E-state index contributed by atoms with van der Waals surface area (Å²) in [7, 11) is -0.716. The molecule has 0 radical (unpaired) electrons. The van der Waals surface area contributed by atoms with Crippen LogP contribution in [0.3, 0.4) is 0 Å². The van der Waals surface area contributed by atoms with E-state index < -0.39 is 10.0 Å². The summed E-state index contributed by atoms with van der Waals surface area (Å²) >= 11 is 0. The molecule has 2 aromatic rings. The number of sulfonamides is 1. The number of para-hydroxylation sites is 1. The van der Waals surface area contributed by atoms with Crippen LogP contribution < -0.4 is 4.31 Å². The zero-order chi connectivity index (χ0) is 14.5. The van der Waals surface area contributed by atoms with Crippen molar-refractivity contribution in [3.05, 3.63) is 41.6 Å². The predicted molar refractivity (Wildman–Crippen MR) is 72.7 cm³/mol. The lowest BCUT2D eigenvalue weighted by Crippen LogP contribution is -2.27. The van der Waals surface area contributed by atoms with Gasteiger partial charge in [-0.3, -0.25) is 8.99 Å². The van der Waals surface area contributed by atoms with Gasteiger partial charge in [-0.1, -0.05) is 23.4 Å². The maximum atomic E-state index is 12.6. The first-order valence-corrected chi connectivity index (χ1v) is 7.25. The van der Waals surface area contributed by atoms with Crippen molar-refractivity contribution in [3.8, 4) is 0 Å². The van der Waals surface area contributed by atoms with E-state index in [1.165, 1.54) is 17.9 Å². The van der Waals surface area contributed by atoms with E-state index in [-0.39, 0.29) is 16.3 Å². The molecule has 1 aliphatic heterocycles. The third-order valence-electron chi connectivity index (χ3n) is 3.25. The normalized spacial score (nSPS) is 18.5. The van der Waals surface area contributed by atoms with Crippen LogP contribution in [0.5, 0.6) is 0 Å². The van der Waals surface area contributed by atoms with Crippen LogP contribution in [0.15, 0.2) is 40.6 Å². The number of benzene rings is 1. The largest absolute Gasteiger partial charge is 0.410 e. The average Bonchev–Trinajstić information content (AvgIpc) is 2.79. The number of aromatic nitrogens is 2. The predicted octanol–water partition coefficient (Wildman–Crippen LogP) is 0.785. The van der Waals surface area contributed by atoms with Crippen molar-refractivity contribution in [2.24, 2.45) is 12.2 Å². The van der Waals surface area contributed by atoms with Crippen molar-refractivity contribution in [3.63, 3.8) is 0 Å². The van der Waals surface area contributed by atoms with E-state index >= 15 is 0 Å². The Kier molecular flexibility index (Phi) is 2.58. The van der Waals surface area contributed by atoms with E-state index in [4.69, 9.17) is 0 Å². The number of rotatable bonds is 0. The fraction of sp³-hybridized carbons (Fsp3) is 0.167. The molecule has 0 saturated carbocycles. The lowest BCUT2D eigenvalue weighted by atomic mass is 10.0. The van der Waals surface area contributed by atoms with Gasteiger partial charge in [0.15, 0.2) is 0 Å². The maximum absolute atomic E-state index is 12.6.